The second kappa shape index (κ2) is 9.02. The number of aromatic nitrogens is 1. The molecule has 4 rings (SSSR count). The molecule has 0 unspecified atom stereocenters. The van der Waals surface area contributed by atoms with E-state index in [0.717, 1.165) is 5.69 Å². The Morgan fingerprint density at radius 2 is 1.69 bits per heavy atom. The normalized spacial score (nSPS) is 10.3. The minimum absolute atomic E-state index is 0.140. The minimum Gasteiger partial charge on any atom is -0.494 e. The molecule has 1 N–H and O–H groups in total. The summed E-state index contributed by atoms with van der Waals surface area (Å²) in [5.41, 5.74) is 2.28. The maximum Gasteiger partial charge on any atom is 0.169 e. The summed E-state index contributed by atoms with van der Waals surface area (Å²) in [6.07, 6.45) is 1.45. The monoisotopic (exact) mass is 426 g/mol. The molecule has 0 aliphatic heterocycles. The van der Waals surface area contributed by atoms with Gasteiger partial charge in [0.15, 0.2) is 17.2 Å². The van der Waals surface area contributed by atoms with Gasteiger partial charge in [-0.05, 0) is 53.7 Å². The highest BCUT2D eigenvalue weighted by atomic mass is 16.5. The van der Waals surface area contributed by atoms with Crippen molar-refractivity contribution in [2.45, 2.75) is 0 Å². The summed E-state index contributed by atoms with van der Waals surface area (Å²) in [4.78, 5) is 15.4. The van der Waals surface area contributed by atoms with Crippen LogP contribution in [0, 0.1) is 16.2 Å². The molecular formula is C24H18N4O4. The molecule has 1 heterocycles. The van der Waals surface area contributed by atoms with E-state index in [1.54, 1.807) is 25.3 Å². The third-order valence-corrected chi connectivity index (χ3v) is 4.81. The van der Waals surface area contributed by atoms with Crippen LogP contribution in [-0.4, -0.2) is 19.2 Å². The smallest absolute Gasteiger partial charge is 0.169 e. The van der Waals surface area contributed by atoms with Crippen LogP contribution in [0.25, 0.3) is 10.9 Å². The van der Waals surface area contributed by atoms with Crippen LogP contribution in [0.5, 0.6) is 23.0 Å². The number of nitrogens with zero attached hydrogens (tertiary/aromatic N) is 3. The summed E-state index contributed by atoms with van der Waals surface area (Å²) >= 11 is 0. The van der Waals surface area contributed by atoms with E-state index in [-0.39, 0.29) is 5.69 Å². The summed E-state index contributed by atoms with van der Waals surface area (Å²) in [7, 11) is 3.04. The third-order valence-electron chi connectivity index (χ3n) is 4.81. The fourth-order valence-corrected chi connectivity index (χ4v) is 3.24. The van der Waals surface area contributed by atoms with E-state index in [4.69, 9.17) is 14.2 Å². The van der Waals surface area contributed by atoms with Crippen molar-refractivity contribution in [1.29, 1.82) is 5.26 Å². The van der Waals surface area contributed by atoms with Gasteiger partial charge >= 0.3 is 0 Å². The molecule has 3 aromatic carbocycles. The van der Waals surface area contributed by atoms with E-state index in [2.05, 4.69) is 21.5 Å². The minimum atomic E-state index is 0.140. The number of methoxy groups -OCH3 is 2. The van der Waals surface area contributed by atoms with Gasteiger partial charge in [-0.3, -0.25) is 4.98 Å². The zero-order valence-corrected chi connectivity index (χ0v) is 17.3. The lowest BCUT2D eigenvalue weighted by Gasteiger charge is -2.14. The van der Waals surface area contributed by atoms with Gasteiger partial charge in [0.25, 0.3) is 0 Å². The zero-order chi connectivity index (χ0) is 22.5. The van der Waals surface area contributed by atoms with Crippen LogP contribution in [0.3, 0.4) is 0 Å². The van der Waals surface area contributed by atoms with E-state index in [1.807, 2.05) is 36.4 Å². The molecule has 0 fully saturated rings. The maximum atomic E-state index is 11.1. The Bertz CT molecular complexity index is 1330. The largest absolute Gasteiger partial charge is 0.494 e. The van der Waals surface area contributed by atoms with Gasteiger partial charge in [-0.15, -0.1) is 4.91 Å². The standard InChI is InChI=1S/C24H18N4O4/c1-30-21-5-3-4-6-22(21)32-17-9-7-16(8-10-17)27-24-15(13-25)14-26-19-12-20(28-29)23(31-2)11-18(19)24/h3-12,14H,1-2H3,(H,26,27). The predicted octanol–water partition coefficient (Wildman–Crippen LogP) is 6.06. The summed E-state index contributed by atoms with van der Waals surface area (Å²) in [5.74, 6) is 2.17. The summed E-state index contributed by atoms with van der Waals surface area (Å²) in [6.45, 7) is 0. The summed E-state index contributed by atoms with van der Waals surface area (Å²) in [6, 6.07) is 20.0. The number of anilines is 2. The molecule has 0 spiro atoms. The van der Waals surface area contributed by atoms with Crippen LogP contribution in [0.1, 0.15) is 5.56 Å². The molecule has 158 valence electrons. The van der Waals surface area contributed by atoms with Crippen LogP contribution < -0.4 is 19.5 Å². The van der Waals surface area contributed by atoms with Gasteiger partial charge in [0.1, 0.15) is 17.6 Å². The lowest BCUT2D eigenvalue weighted by Crippen LogP contribution is -1.97. The quantitative estimate of drug-likeness (QED) is 0.358. The van der Waals surface area contributed by atoms with Crippen molar-refractivity contribution in [2.24, 2.45) is 5.18 Å². The summed E-state index contributed by atoms with van der Waals surface area (Å²) < 4.78 is 16.5. The highest BCUT2D eigenvalue weighted by Crippen LogP contribution is 2.37. The van der Waals surface area contributed by atoms with Crippen molar-refractivity contribution < 1.29 is 14.2 Å². The molecule has 0 saturated carbocycles. The van der Waals surface area contributed by atoms with Gasteiger partial charge in [0.2, 0.25) is 0 Å². The molecular weight excluding hydrogens is 408 g/mol. The fraction of sp³-hybridized carbons (Fsp3) is 0.0833. The number of hydrogen-bond acceptors (Lipinski definition) is 8. The molecule has 0 radical (unpaired) electrons. The Hall–Kier alpha value is -4.64. The van der Waals surface area contributed by atoms with Crippen LogP contribution in [0.15, 0.2) is 72.0 Å². The van der Waals surface area contributed by atoms with E-state index in [9.17, 15) is 10.2 Å². The molecule has 0 aliphatic carbocycles. The fourth-order valence-electron chi connectivity index (χ4n) is 3.24. The van der Waals surface area contributed by atoms with E-state index in [1.165, 1.54) is 19.4 Å². The Balaban J connectivity index is 1.67. The number of benzene rings is 3. The van der Waals surface area contributed by atoms with Crippen LogP contribution >= 0.6 is 0 Å². The van der Waals surface area contributed by atoms with Crippen LogP contribution in [0.4, 0.5) is 17.1 Å². The van der Waals surface area contributed by atoms with E-state index < -0.39 is 0 Å². The van der Waals surface area contributed by atoms with Crippen molar-refractivity contribution in [3.63, 3.8) is 0 Å². The third kappa shape index (κ3) is 4.00. The van der Waals surface area contributed by atoms with E-state index >= 15 is 0 Å². The number of pyridine rings is 1. The van der Waals surface area contributed by atoms with Crippen molar-refractivity contribution >= 4 is 28.0 Å². The molecule has 8 heteroatoms. The number of para-hydroxylation sites is 2. The molecule has 0 aliphatic rings. The number of nitrogens with one attached hydrogen (secondary N) is 1. The first kappa shape index (κ1) is 20.6. The zero-order valence-electron chi connectivity index (χ0n) is 17.3. The second-order valence-corrected chi connectivity index (χ2v) is 6.69. The Kier molecular flexibility index (Phi) is 5.81. The van der Waals surface area contributed by atoms with Gasteiger partial charge in [0.05, 0.1) is 31.0 Å². The topological polar surface area (TPSA) is 106 Å². The Morgan fingerprint density at radius 3 is 2.34 bits per heavy atom. The average molecular weight is 426 g/mol. The number of nitroso groups, excluding NO2 is 1. The first-order valence-corrected chi connectivity index (χ1v) is 9.59. The highest BCUT2D eigenvalue weighted by Gasteiger charge is 2.14. The summed E-state index contributed by atoms with van der Waals surface area (Å²) in [5, 5.41) is 16.4. The lowest BCUT2D eigenvalue weighted by atomic mass is 10.1. The van der Waals surface area contributed by atoms with Crippen molar-refractivity contribution in [3.05, 3.63) is 77.3 Å². The molecule has 0 amide bonds. The molecule has 0 bridgehead atoms. The molecule has 4 aromatic rings. The van der Waals surface area contributed by atoms with Gasteiger partial charge in [-0.1, -0.05) is 12.1 Å². The average Bonchev–Trinajstić information content (AvgIpc) is 2.84. The number of ether oxygens (including phenoxy) is 3. The maximum absolute atomic E-state index is 11.1. The molecule has 0 atom stereocenters. The number of rotatable bonds is 7. The Morgan fingerprint density at radius 1 is 0.969 bits per heavy atom. The first-order valence-electron chi connectivity index (χ1n) is 9.59. The molecule has 32 heavy (non-hydrogen) atoms. The number of hydrogen-bond donors (Lipinski definition) is 1. The number of nitriles is 1. The molecule has 0 saturated heterocycles. The highest BCUT2D eigenvalue weighted by molar-refractivity contribution is 5.98. The predicted molar refractivity (Wildman–Crippen MR) is 121 cm³/mol. The molecule has 1 aromatic heterocycles. The van der Waals surface area contributed by atoms with Crippen LogP contribution in [0.2, 0.25) is 0 Å². The van der Waals surface area contributed by atoms with E-state index in [0.29, 0.717) is 45.2 Å². The van der Waals surface area contributed by atoms with Gasteiger partial charge in [0, 0.05) is 17.3 Å². The van der Waals surface area contributed by atoms with Gasteiger partial charge in [-0.25, -0.2) is 0 Å². The first-order chi connectivity index (χ1) is 15.7. The van der Waals surface area contributed by atoms with Gasteiger partial charge < -0.3 is 19.5 Å². The van der Waals surface area contributed by atoms with Crippen molar-refractivity contribution in [1.82, 2.24) is 4.98 Å². The number of fused-ring (bicyclic) bond motifs is 1. The Labute approximate surface area is 184 Å². The van der Waals surface area contributed by atoms with Gasteiger partial charge in [-0.2, -0.15) is 5.26 Å². The van der Waals surface area contributed by atoms with Crippen LogP contribution in [-0.2, 0) is 0 Å². The molecule has 8 nitrogen and oxygen atoms in total. The SMILES string of the molecule is COc1cc2c(Nc3ccc(Oc4ccccc4OC)cc3)c(C#N)cnc2cc1N=O. The second-order valence-electron chi connectivity index (χ2n) is 6.69. The van der Waals surface area contributed by atoms with Crippen molar-refractivity contribution in [2.75, 3.05) is 19.5 Å². The lowest BCUT2D eigenvalue weighted by molar-refractivity contribution is 0.379. The van der Waals surface area contributed by atoms with Crippen molar-refractivity contribution in [3.8, 4) is 29.1 Å².